The van der Waals surface area contributed by atoms with Gasteiger partial charge >= 0.3 is 0 Å². The summed E-state index contributed by atoms with van der Waals surface area (Å²) in [6.07, 6.45) is 1.66. The van der Waals surface area contributed by atoms with E-state index in [1.165, 1.54) is 16.7 Å². The lowest BCUT2D eigenvalue weighted by atomic mass is 9.96. The molecule has 2 unspecified atom stereocenters. The topological polar surface area (TPSA) is 45.0 Å². The van der Waals surface area contributed by atoms with Crippen molar-refractivity contribution in [2.45, 2.75) is 66.0 Å². The Balaban J connectivity index is 2.78. The van der Waals surface area contributed by atoms with Crippen molar-refractivity contribution in [2.24, 2.45) is 0 Å². The molecule has 0 heterocycles. The highest BCUT2D eigenvalue weighted by atomic mass is 16.5. The van der Waals surface area contributed by atoms with E-state index in [0.29, 0.717) is 6.42 Å². The molecule has 0 aromatic heterocycles. The number of hydrogen-bond acceptors (Lipinski definition) is 3. The second-order valence-electron chi connectivity index (χ2n) is 6.21. The predicted molar refractivity (Wildman–Crippen MR) is 87.7 cm³/mol. The third kappa shape index (κ3) is 5.06. The Hall–Kier alpha value is -1.53. The van der Waals surface area contributed by atoms with E-state index in [1.807, 2.05) is 13.8 Å². The maximum atomic E-state index is 9.40. The van der Waals surface area contributed by atoms with E-state index in [-0.39, 0.29) is 6.10 Å². The number of hydrogen-bond donors (Lipinski definition) is 1. The molecular weight excluding hydrogens is 260 g/mol. The quantitative estimate of drug-likeness (QED) is 0.823. The molecule has 0 spiro atoms. The summed E-state index contributed by atoms with van der Waals surface area (Å²) in [7, 11) is 0. The molecule has 21 heavy (non-hydrogen) atoms. The van der Waals surface area contributed by atoms with Gasteiger partial charge < -0.3 is 4.74 Å². The highest BCUT2D eigenvalue weighted by Gasteiger charge is 2.26. The van der Waals surface area contributed by atoms with E-state index in [2.05, 4.69) is 51.2 Å². The molecule has 1 aromatic rings. The van der Waals surface area contributed by atoms with Crippen molar-refractivity contribution in [1.82, 2.24) is 5.32 Å². The van der Waals surface area contributed by atoms with Gasteiger partial charge in [-0.05, 0) is 70.3 Å². The first kappa shape index (κ1) is 17.5. The molecule has 0 fully saturated rings. The number of rotatable bonds is 7. The van der Waals surface area contributed by atoms with E-state index >= 15 is 0 Å². The second-order valence-corrected chi connectivity index (χ2v) is 6.21. The molecule has 2 atom stereocenters. The average molecular weight is 288 g/mol. The summed E-state index contributed by atoms with van der Waals surface area (Å²) in [4.78, 5) is 0. The lowest BCUT2D eigenvalue weighted by molar-refractivity contribution is 0.178. The zero-order chi connectivity index (χ0) is 16.0. The van der Waals surface area contributed by atoms with Crippen LogP contribution < -0.4 is 10.1 Å². The zero-order valence-electron chi connectivity index (χ0n) is 14.2. The molecule has 3 heteroatoms. The SMILES string of the molecule is CCCNC(C)(C#N)CC(C)Oc1cc(C)cc(C)c1C. The van der Waals surface area contributed by atoms with Crippen LogP contribution in [0.2, 0.25) is 0 Å². The number of benzene rings is 1. The van der Waals surface area contributed by atoms with Gasteiger partial charge in [0.1, 0.15) is 11.3 Å². The van der Waals surface area contributed by atoms with Gasteiger partial charge in [0, 0.05) is 6.42 Å². The van der Waals surface area contributed by atoms with Gasteiger partial charge in [-0.3, -0.25) is 5.32 Å². The van der Waals surface area contributed by atoms with Crippen molar-refractivity contribution in [3.8, 4) is 11.8 Å². The monoisotopic (exact) mass is 288 g/mol. The molecule has 0 saturated carbocycles. The smallest absolute Gasteiger partial charge is 0.123 e. The van der Waals surface area contributed by atoms with Crippen LogP contribution in [0.1, 0.15) is 50.3 Å². The van der Waals surface area contributed by atoms with Crippen LogP contribution in [0.5, 0.6) is 5.75 Å². The standard InChI is InChI=1S/C18H28N2O/c1-7-8-20-18(6,12-19)11-15(4)21-17-10-13(2)9-14(3)16(17)5/h9-10,15,20H,7-8,11H2,1-6H3. The van der Waals surface area contributed by atoms with Crippen molar-refractivity contribution in [3.05, 3.63) is 28.8 Å². The van der Waals surface area contributed by atoms with E-state index in [9.17, 15) is 5.26 Å². The zero-order valence-corrected chi connectivity index (χ0v) is 14.2. The average Bonchev–Trinajstić information content (AvgIpc) is 2.42. The van der Waals surface area contributed by atoms with Crippen LogP contribution in [0.4, 0.5) is 0 Å². The van der Waals surface area contributed by atoms with Crippen molar-refractivity contribution < 1.29 is 4.74 Å². The van der Waals surface area contributed by atoms with Gasteiger partial charge in [-0.15, -0.1) is 0 Å². The van der Waals surface area contributed by atoms with Gasteiger partial charge in [-0.1, -0.05) is 13.0 Å². The molecule has 0 bridgehead atoms. The normalized spacial score (nSPS) is 15.1. The number of aryl methyl sites for hydroxylation is 2. The number of nitrogens with one attached hydrogen (secondary N) is 1. The maximum absolute atomic E-state index is 9.40. The summed E-state index contributed by atoms with van der Waals surface area (Å²) in [5, 5.41) is 12.7. The van der Waals surface area contributed by atoms with Gasteiger partial charge in [0.2, 0.25) is 0 Å². The lowest BCUT2D eigenvalue weighted by Gasteiger charge is -2.27. The predicted octanol–water partition coefficient (Wildman–Crippen LogP) is 4.05. The Labute approximate surface area is 129 Å². The highest BCUT2D eigenvalue weighted by molar-refractivity contribution is 5.42. The summed E-state index contributed by atoms with van der Waals surface area (Å²) in [6.45, 7) is 13.2. The Morgan fingerprint density at radius 2 is 2.00 bits per heavy atom. The van der Waals surface area contributed by atoms with Crippen molar-refractivity contribution in [2.75, 3.05) is 6.54 Å². The van der Waals surface area contributed by atoms with Gasteiger partial charge in [0.05, 0.1) is 12.2 Å². The fourth-order valence-corrected chi connectivity index (χ4v) is 2.51. The van der Waals surface area contributed by atoms with Crippen LogP contribution in [0, 0.1) is 32.1 Å². The van der Waals surface area contributed by atoms with Crippen molar-refractivity contribution in [1.29, 1.82) is 5.26 Å². The number of nitrogens with zero attached hydrogens (tertiary/aromatic N) is 1. The minimum atomic E-state index is -0.539. The largest absolute Gasteiger partial charge is 0.490 e. The summed E-state index contributed by atoms with van der Waals surface area (Å²) >= 11 is 0. The molecule has 0 aliphatic heterocycles. The Bertz CT molecular complexity index is 519. The minimum absolute atomic E-state index is 0.0149. The third-order valence-corrected chi connectivity index (χ3v) is 3.80. The molecule has 0 radical (unpaired) electrons. The second kappa shape index (κ2) is 7.47. The Morgan fingerprint density at radius 1 is 1.33 bits per heavy atom. The van der Waals surface area contributed by atoms with Crippen LogP contribution in [-0.4, -0.2) is 18.2 Å². The fraction of sp³-hybridized carbons (Fsp3) is 0.611. The summed E-state index contributed by atoms with van der Waals surface area (Å²) in [6, 6.07) is 6.61. The number of ether oxygens (including phenoxy) is 1. The highest BCUT2D eigenvalue weighted by Crippen LogP contribution is 2.26. The van der Waals surface area contributed by atoms with Crippen LogP contribution >= 0.6 is 0 Å². The first-order valence-electron chi connectivity index (χ1n) is 7.72. The third-order valence-electron chi connectivity index (χ3n) is 3.80. The fourth-order valence-electron chi connectivity index (χ4n) is 2.51. The molecule has 0 saturated heterocycles. The Kier molecular flexibility index (Phi) is 6.23. The van der Waals surface area contributed by atoms with Gasteiger partial charge in [-0.25, -0.2) is 0 Å². The molecule has 0 aliphatic rings. The van der Waals surface area contributed by atoms with Crippen LogP contribution in [0.25, 0.3) is 0 Å². The molecule has 0 aliphatic carbocycles. The van der Waals surface area contributed by atoms with Crippen LogP contribution in [0.3, 0.4) is 0 Å². The minimum Gasteiger partial charge on any atom is -0.490 e. The van der Waals surface area contributed by atoms with Crippen molar-refractivity contribution >= 4 is 0 Å². The summed E-state index contributed by atoms with van der Waals surface area (Å²) in [5.41, 5.74) is 3.08. The molecule has 1 rings (SSSR count). The van der Waals surface area contributed by atoms with Crippen LogP contribution in [0.15, 0.2) is 12.1 Å². The Morgan fingerprint density at radius 3 is 2.57 bits per heavy atom. The van der Waals surface area contributed by atoms with E-state index < -0.39 is 5.54 Å². The molecule has 116 valence electrons. The summed E-state index contributed by atoms with van der Waals surface area (Å²) in [5.74, 6) is 0.927. The van der Waals surface area contributed by atoms with Gasteiger partial charge in [0.15, 0.2) is 0 Å². The van der Waals surface area contributed by atoms with Gasteiger partial charge in [-0.2, -0.15) is 5.26 Å². The maximum Gasteiger partial charge on any atom is 0.123 e. The molecule has 1 N–H and O–H groups in total. The van der Waals surface area contributed by atoms with E-state index in [0.717, 1.165) is 18.7 Å². The number of nitriles is 1. The summed E-state index contributed by atoms with van der Waals surface area (Å²) < 4.78 is 6.09. The van der Waals surface area contributed by atoms with Crippen molar-refractivity contribution in [3.63, 3.8) is 0 Å². The molecular formula is C18H28N2O. The first-order chi connectivity index (χ1) is 9.81. The lowest BCUT2D eigenvalue weighted by Crippen LogP contribution is -2.44. The first-order valence-corrected chi connectivity index (χ1v) is 7.72. The van der Waals surface area contributed by atoms with E-state index in [4.69, 9.17) is 4.74 Å². The van der Waals surface area contributed by atoms with E-state index in [1.54, 1.807) is 0 Å². The molecule has 0 amide bonds. The van der Waals surface area contributed by atoms with Gasteiger partial charge in [0.25, 0.3) is 0 Å². The van der Waals surface area contributed by atoms with Crippen LogP contribution in [-0.2, 0) is 0 Å². The molecule has 3 nitrogen and oxygen atoms in total. The molecule has 1 aromatic carbocycles.